The monoisotopic (exact) mass is 352 g/mol. The molecule has 2 amide bonds. The minimum Gasteiger partial charge on any atom is -0.454 e. The molecule has 0 aliphatic carbocycles. The van der Waals surface area contributed by atoms with E-state index in [0.717, 1.165) is 16.8 Å². The third-order valence-electron chi connectivity index (χ3n) is 4.75. The van der Waals surface area contributed by atoms with E-state index in [0.29, 0.717) is 30.9 Å². The van der Waals surface area contributed by atoms with Crippen molar-refractivity contribution in [2.75, 3.05) is 11.7 Å². The summed E-state index contributed by atoms with van der Waals surface area (Å²) in [5.74, 6) is 1.21. The van der Waals surface area contributed by atoms with Crippen molar-refractivity contribution < 1.29 is 19.1 Å². The van der Waals surface area contributed by atoms with E-state index >= 15 is 0 Å². The molecule has 0 bridgehead atoms. The van der Waals surface area contributed by atoms with Gasteiger partial charge in [-0.05, 0) is 29.3 Å². The van der Waals surface area contributed by atoms with Gasteiger partial charge in [0.1, 0.15) is 6.04 Å². The minimum atomic E-state index is -0.506. The Kier molecular flexibility index (Phi) is 4.24. The Bertz CT molecular complexity index is 865. The lowest BCUT2D eigenvalue weighted by Gasteiger charge is -2.24. The van der Waals surface area contributed by atoms with Gasteiger partial charge in [-0.1, -0.05) is 31.2 Å². The molecule has 0 saturated carbocycles. The Balaban J connectivity index is 1.48. The second-order valence-corrected chi connectivity index (χ2v) is 6.37. The molecule has 2 heterocycles. The largest absolute Gasteiger partial charge is 0.454 e. The Morgan fingerprint density at radius 2 is 1.96 bits per heavy atom. The molecule has 1 N–H and O–H groups in total. The number of nitrogens with zero attached hydrogens (tertiary/aromatic N) is 1. The first-order valence-electron chi connectivity index (χ1n) is 8.73. The predicted molar refractivity (Wildman–Crippen MR) is 96.1 cm³/mol. The first-order chi connectivity index (χ1) is 12.7. The van der Waals surface area contributed by atoms with Crippen LogP contribution in [0.5, 0.6) is 11.5 Å². The van der Waals surface area contributed by atoms with E-state index < -0.39 is 6.04 Å². The first-order valence-corrected chi connectivity index (χ1v) is 8.73. The molecule has 2 aliphatic heterocycles. The zero-order chi connectivity index (χ0) is 18.1. The Morgan fingerprint density at radius 3 is 2.81 bits per heavy atom. The van der Waals surface area contributed by atoms with Gasteiger partial charge in [0.15, 0.2) is 11.5 Å². The van der Waals surface area contributed by atoms with Crippen LogP contribution in [0, 0.1) is 0 Å². The minimum absolute atomic E-state index is 0.0434. The van der Waals surface area contributed by atoms with E-state index in [2.05, 4.69) is 5.32 Å². The van der Waals surface area contributed by atoms with Crippen molar-refractivity contribution in [1.29, 1.82) is 0 Å². The quantitative estimate of drug-likeness (QED) is 0.917. The SMILES string of the molecule is CCC(=O)N1c2ccccc2CC1C(=O)NCc1ccc2c(c1)OCO2. The van der Waals surface area contributed by atoms with Gasteiger partial charge in [0.25, 0.3) is 0 Å². The molecule has 0 saturated heterocycles. The van der Waals surface area contributed by atoms with E-state index in [1.807, 2.05) is 49.4 Å². The summed E-state index contributed by atoms with van der Waals surface area (Å²) >= 11 is 0. The molecule has 134 valence electrons. The van der Waals surface area contributed by atoms with E-state index in [1.165, 1.54) is 0 Å². The van der Waals surface area contributed by atoms with Crippen molar-refractivity contribution in [1.82, 2.24) is 5.32 Å². The molecule has 0 radical (unpaired) electrons. The Hall–Kier alpha value is -3.02. The molecule has 1 unspecified atom stereocenters. The fourth-order valence-electron chi connectivity index (χ4n) is 3.43. The van der Waals surface area contributed by atoms with Crippen molar-refractivity contribution in [3.63, 3.8) is 0 Å². The fraction of sp³-hybridized carbons (Fsp3) is 0.300. The van der Waals surface area contributed by atoms with Gasteiger partial charge in [-0.3, -0.25) is 14.5 Å². The number of anilines is 1. The lowest BCUT2D eigenvalue weighted by Crippen LogP contribution is -2.47. The number of hydrogen-bond acceptors (Lipinski definition) is 4. The van der Waals surface area contributed by atoms with E-state index in [4.69, 9.17) is 9.47 Å². The van der Waals surface area contributed by atoms with Gasteiger partial charge in [0, 0.05) is 25.1 Å². The molecule has 2 aliphatic rings. The van der Waals surface area contributed by atoms with Crippen LogP contribution in [0.3, 0.4) is 0 Å². The summed E-state index contributed by atoms with van der Waals surface area (Å²) in [6.45, 7) is 2.40. The summed E-state index contributed by atoms with van der Waals surface area (Å²) < 4.78 is 10.7. The lowest BCUT2D eigenvalue weighted by molar-refractivity contribution is -0.126. The number of amides is 2. The van der Waals surface area contributed by atoms with E-state index in [-0.39, 0.29) is 18.6 Å². The van der Waals surface area contributed by atoms with Gasteiger partial charge in [0.05, 0.1) is 0 Å². The van der Waals surface area contributed by atoms with E-state index in [9.17, 15) is 9.59 Å². The maximum atomic E-state index is 12.8. The zero-order valence-electron chi connectivity index (χ0n) is 14.5. The van der Waals surface area contributed by atoms with Crippen molar-refractivity contribution in [2.24, 2.45) is 0 Å². The normalized spacial score (nSPS) is 17.1. The standard InChI is InChI=1S/C20H20N2O4/c1-2-19(23)22-15-6-4-3-5-14(15)10-16(22)20(24)21-11-13-7-8-17-18(9-13)26-12-25-17/h3-9,16H,2,10-12H2,1H3,(H,21,24). The average molecular weight is 352 g/mol. The average Bonchev–Trinajstić information content (AvgIpc) is 3.29. The summed E-state index contributed by atoms with van der Waals surface area (Å²) in [5.41, 5.74) is 2.78. The molecule has 0 aromatic heterocycles. The van der Waals surface area contributed by atoms with Crippen LogP contribution in [0.2, 0.25) is 0 Å². The molecule has 1 atom stereocenters. The molecule has 2 aromatic carbocycles. The summed E-state index contributed by atoms with van der Waals surface area (Å²) in [6.07, 6.45) is 0.898. The van der Waals surface area contributed by atoms with Crippen LogP contribution in [0.1, 0.15) is 24.5 Å². The van der Waals surface area contributed by atoms with Gasteiger partial charge < -0.3 is 14.8 Å². The number of benzene rings is 2. The fourth-order valence-corrected chi connectivity index (χ4v) is 3.43. The van der Waals surface area contributed by atoms with Gasteiger partial charge in [-0.25, -0.2) is 0 Å². The molecular weight excluding hydrogens is 332 g/mol. The van der Waals surface area contributed by atoms with Gasteiger partial charge in [0.2, 0.25) is 18.6 Å². The third-order valence-corrected chi connectivity index (χ3v) is 4.75. The highest BCUT2D eigenvalue weighted by Crippen LogP contribution is 2.34. The van der Waals surface area contributed by atoms with Gasteiger partial charge >= 0.3 is 0 Å². The molecule has 26 heavy (non-hydrogen) atoms. The van der Waals surface area contributed by atoms with Crippen LogP contribution in [0.25, 0.3) is 0 Å². The number of ether oxygens (including phenoxy) is 2. The lowest BCUT2D eigenvalue weighted by atomic mass is 10.1. The predicted octanol–water partition coefficient (Wildman–Crippen LogP) is 2.40. The molecule has 6 nitrogen and oxygen atoms in total. The second-order valence-electron chi connectivity index (χ2n) is 6.37. The number of nitrogens with one attached hydrogen (secondary N) is 1. The summed E-state index contributed by atoms with van der Waals surface area (Å²) in [6, 6.07) is 12.8. The first kappa shape index (κ1) is 16.4. The van der Waals surface area contributed by atoms with Crippen LogP contribution in [0.15, 0.2) is 42.5 Å². The summed E-state index contributed by atoms with van der Waals surface area (Å²) in [5, 5.41) is 2.95. The number of rotatable bonds is 4. The maximum Gasteiger partial charge on any atom is 0.243 e. The highest BCUT2D eigenvalue weighted by Gasteiger charge is 2.37. The van der Waals surface area contributed by atoms with Gasteiger partial charge in [-0.15, -0.1) is 0 Å². The topological polar surface area (TPSA) is 67.9 Å². The Morgan fingerprint density at radius 1 is 1.15 bits per heavy atom. The van der Waals surface area contributed by atoms with Crippen molar-refractivity contribution in [2.45, 2.75) is 32.4 Å². The van der Waals surface area contributed by atoms with Crippen molar-refractivity contribution in [3.05, 3.63) is 53.6 Å². The van der Waals surface area contributed by atoms with Crippen molar-refractivity contribution >= 4 is 17.5 Å². The Labute approximate surface area is 151 Å². The number of hydrogen-bond donors (Lipinski definition) is 1. The zero-order valence-corrected chi connectivity index (χ0v) is 14.5. The smallest absolute Gasteiger partial charge is 0.243 e. The van der Waals surface area contributed by atoms with Crippen LogP contribution >= 0.6 is 0 Å². The maximum absolute atomic E-state index is 12.8. The third kappa shape index (κ3) is 2.87. The number of carbonyl (C=O) groups is 2. The van der Waals surface area contributed by atoms with Crippen LogP contribution in [0.4, 0.5) is 5.69 Å². The second kappa shape index (κ2) is 6.71. The van der Waals surface area contributed by atoms with E-state index in [1.54, 1.807) is 4.90 Å². The molecule has 0 spiro atoms. The molecule has 4 rings (SSSR count). The number of carbonyl (C=O) groups excluding carboxylic acids is 2. The summed E-state index contributed by atoms with van der Waals surface area (Å²) in [4.78, 5) is 26.8. The van der Waals surface area contributed by atoms with Crippen molar-refractivity contribution in [3.8, 4) is 11.5 Å². The molecule has 6 heteroatoms. The molecule has 0 fully saturated rings. The van der Waals surface area contributed by atoms with Crippen LogP contribution in [-0.4, -0.2) is 24.6 Å². The highest BCUT2D eigenvalue weighted by molar-refractivity contribution is 6.03. The number of para-hydroxylation sites is 1. The molecule has 2 aromatic rings. The van der Waals surface area contributed by atoms with Crippen LogP contribution in [-0.2, 0) is 22.6 Å². The van der Waals surface area contributed by atoms with Crippen LogP contribution < -0.4 is 19.7 Å². The van der Waals surface area contributed by atoms with Gasteiger partial charge in [-0.2, -0.15) is 0 Å². The summed E-state index contributed by atoms with van der Waals surface area (Å²) in [7, 11) is 0. The number of fused-ring (bicyclic) bond motifs is 2. The molecular formula is C20H20N2O4. The highest BCUT2D eigenvalue weighted by atomic mass is 16.7.